The molecule has 1 N–H and O–H groups in total. The maximum atomic E-state index is 6.12. The monoisotopic (exact) mass is 422 g/mol. The summed E-state index contributed by atoms with van der Waals surface area (Å²) in [4.78, 5) is 4.68. The first-order chi connectivity index (χ1) is 12.9. The molecule has 0 fully saturated rings. The molecule has 28 heavy (non-hydrogen) atoms. The molecule has 2 rings (SSSR count). The van der Waals surface area contributed by atoms with Crippen LogP contribution in [0.1, 0.15) is 54.4 Å². The minimum absolute atomic E-state index is 0.162. The van der Waals surface area contributed by atoms with E-state index in [-0.39, 0.29) is 10.8 Å². The molecule has 2 aliphatic rings. The van der Waals surface area contributed by atoms with Gasteiger partial charge in [0.05, 0.1) is 6.54 Å². The molecule has 4 heteroatoms. The maximum Gasteiger partial charge on any atom is 0.0514 e. The van der Waals surface area contributed by atoms with Gasteiger partial charge >= 0.3 is 0 Å². The molecular weight excluding hydrogens is 387 g/mol. The van der Waals surface area contributed by atoms with E-state index in [1.54, 1.807) is 0 Å². The van der Waals surface area contributed by atoms with Crippen LogP contribution < -0.4 is 5.32 Å². The second-order valence-electron chi connectivity index (χ2n) is 10.1. The molecule has 2 unspecified atom stereocenters. The summed E-state index contributed by atoms with van der Waals surface area (Å²) in [6.07, 6.45) is 12.7. The molecule has 0 radical (unpaired) electrons. The summed E-state index contributed by atoms with van der Waals surface area (Å²) in [5.41, 5.74) is 3.18. The van der Waals surface area contributed by atoms with E-state index in [9.17, 15) is 0 Å². The average Bonchev–Trinajstić information content (AvgIpc) is 2.55. The Morgan fingerprint density at radius 1 is 1.07 bits per heavy atom. The van der Waals surface area contributed by atoms with Crippen LogP contribution in [0.4, 0.5) is 0 Å². The largest absolute Gasteiger partial charge is 0.314 e. The Kier molecular flexibility index (Phi) is 8.19. The van der Waals surface area contributed by atoms with Crippen molar-refractivity contribution in [1.29, 1.82) is 0 Å². The lowest BCUT2D eigenvalue weighted by Crippen LogP contribution is -2.25. The smallest absolute Gasteiger partial charge is 0.0514 e. The molecule has 0 saturated carbocycles. The zero-order valence-electron chi connectivity index (χ0n) is 18.3. The fraction of sp³-hybridized carbons (Fsp3) is 0.625. The normalized spacial score (nSPS) is 24.0. The van der Waals surface area contributed by atoms with E-state index in [0.717, 1.165) is 42.5 Å². The summed E-state index contributed by atoms with van der Waals surface area (Å²) in [5.74, 6) is 0.911. The topological polar surface area (TPSA) is 24.4 Å². The Morgan fingerprint density at radius 3 is 2.39 bits per heavy atom. The summed E-state index contributed by atoms with van der Waals surface area (Å²) in [5, 5.41) is 5.03. The molecule has 0 heterocycles. The SMILES string of the molecule is CC(C)(C)C1=CC(C(C)(C)C)CC(/C=N/CCNCC2C=C(Cl)C=C(Cl)C2)=C1. The zero-order valence-corrected chi connectivity index (χ0v) is 19.8. The Balaban J connectivity index is 1.85. The van der Waals surface area contributed by atoms with Crippen LogP contribution in [0, 0.1) is 22.7 Å². The Bertz CT molecular complexity index is 697. The summed E-state index contributed by atoms with van der Waals surface area (Å²) in [6, 6.07) is 0. The van der Waals surface area contributed by atoms with Gasteiger partial charge in [0, 0.05) is 29.4 Å². The molecule has 0 spiro atoms. The predicted molar refractivity (Wildman–Crippen MR) is 125 cm³/mol. The van der Waals surface area contributed by atoms with Crippen LogP contribution in [-0.2, 0) is 0 Å². The highest BCUT2D eigenvalue weighted by molar-refractivity contribution is 6.34. The highest BCUT2D eigenvalue weighted by atomic mass is 35.5. The first-order valence-electron chi connectivity index (χ1n) is 10.3. The predicted octanol–water partition coefficient (Wildman–Crippen LogP) is 6.88. The van der Waals surface area contributed by atoms with Crippen LogP contribution in [0.2, 0.25) is 0 Å². The standard InChI is InChI=1S/C24H36Cl2N2/c1-23(2,3)19-9-17(10-20(13-19)24(4,5)6)15-27-7-8-28-16-18-11-21(25)14-22(26)12-18/h9,11,13-15,18,20,28H,7-8,10,12,16H2,1-6H3/b27-15+. The van der Waals surface area contributed by atoms with Crippen LogP contribution >= 0.6 is 23.2 Å². The lowest BCUT2D eigenvalue weighted by Gasteiger charge is -2.34. The third-order valence-corrected chi connectivity index (χ3v) is 5.88. The van der Waals surface area contributed by atoms with Crippen molar-refractivity contribution in [2.24, 2.45) is 27.7 Å². The van der Waals surface area contributed by atoms with Gasteiger partial charge in [0.1, 0.15) is 0 Å². The van der Waals surface area contributed by atoms with Crippen molar-refractivity contribution >= 4 is 29.4 Å². The molecule has 0 aromatic heterocycles. The van der Waals surface area contributed by atoms with E-state index < -0.39 is 0 Å². The van der Waals surface area contributed by atoms with Crippen LogP contribution in [-0.4, -0.2) is 25.8 Å². The molecule has 0 aliphatic heterocycles. The fourth-order valence-electron chi connectivity index (χ4n) is 3.48. The number of hydrogen-bond acceptors (Lipinski definition) is 2. The molecule has 0 saturated heterocycles. The number of rotatable bonds is 6. The molecule has 2 atom stereocenters. The van der Waals surface area contributed by atoms with Crippen molar-refractivity contribution in [3.63, 3.8) is 0 Å². The zero-order chi connectivity index (χ0) is 20.9. The van der Waals surface area contributed by atoms with Gasteiger partial charge in [-0.05, 0) is 52.7 Å². The molecule has 2 aliphatic carbocycles. The van der Waals surface area contributed by atoms with Gasteiger partial charge in [-0.25, -0.2) is 0 Å². The molecule has 0 aromatic carbocycles. The van der Waals surface area contributed by atoms with E-state index in [4.69, 9.17) is 23.2 Å². The second-order valence-corrected chi connectivity index (χ2v) is 11.0. The Hall–Kier alpha value is -0.830. The van der Waals surface area contributed by atoms with Crippen molar-refractivity contribution in [2.45, 2.75) is 54.4 Å². The van der Waals surface area contributed by atoms with Crippen LogP contribution in [0.3, 0.4) is 0 Å². The minimum atomic E-state index is 0.162. The van der Waals surface area contributed by atoms with E-state index >= 15 is 0 Å². The summed E-state index contributed by atoms with van der Waals surface area (Å²) in [7, 11) is 0. The lowest BCUT2D eigenvalue weighted by atomic mass is 9.70. The number of halogens is 2. The van der Waals surface area contributed by atoms with Crippen molar-refractivity contribution in [3.05, 3.63) is 45.5 Å². The van der Waals surface area contributed by atoms with Gasteiger partial charge in [0.15, 0.2) is 0 Å². The first-order valence-corrected chi connectivity index (χ1v) is 11.1. The van der Waals surface area contributed by atoms with Crippen molar-refractivity contribution in [2.75, 3.05) is 19.6 Å². The Morgan fingerprint density at radius 2 is 1.79 bits per heavy atom. The van der Waals surface area contributed by atoms with Gasteiger partial charge in [-0.15, -0.1) is 0 Å². The molecular formula is C24H36Cl2N2. The van der Waals surface area contributed by atoms with Crippen LogP contribution in [0.15, 0.2) is 50.5 Å². The highest BCUT2D eigenvalue weighted by Crippen LogP contribution is 2.40. The van der Waals surface area contributed by atoms with Crippen LogP contribution in [0.5, 0.6) is 0 Å². The van der Waals surface area contributed by atoms with Gasteiger partial charge in [0.2, 0.25) is 0 Å². The summed E-state index contributed by atoms with van der Waals surface area (Å²) >= 11 is 12.2. The van der Waals surface area contributed by atoms with Crippen molar-refractivity contribution < 1.29 is 0 Å². The quantitative estimate of drug-likeness (QED) is 0.366. The number of allylic oxidation sites excluding steroid dienone is 7. The van der Waals surface area contributed by atoms with Crippen LogP contribution in [0.25, 0.3) is 0 Å². The number of aliphatic imine (C=N–C) groups is 1. The second kappa shape index (κ2) is 9.78. The lowest BCUT2D eigenvalue weighted by molar-refractivity contribution is 0.286. The molecule has 0 aromatic rings. The molecule has 0 bridgehead atoms. The maximum absolute atomic E-state index is 6.12. The third kappa shape index (κ3) is 7.54. The molecule has 2 nitrogen and oxygen atoms in total. The average molecular weight is 423 g/mol. The summed E-state index contributed by atoms with van der Waals surface area (Å²) in [6.45, 7) is 16.3. The van der Waals surface area contributed by atoms with E-state index in [1.807, 2.05) is 6.08 Å². The van der Waals surface area contributed by atoms with E-state index in [1.165, 1.54) is 11.1 Å². The number of hydrogen-bond donors (Lipinski definition) is 1. The van der Waals surface area contributed by atoms with Gasteiger partial charge in [-0.3, -0.25) is 4.99 Å². The number of nitrogens with zero attached hydrogens (tertiary/aromatic N) is 1. The first kappa shape index (κ1) is 23.4. The molecule has 0 amide bonds. The number of nitrogens with one attached hydrogen (secondary N) is 1. The minimum Gasteiger partial charge on any atom is -0.314 e. The Labute approximate surface area is 181 Å². The van der Waals surface area contributed by atoms with Gasteiger partial charge in [-0.2, -0.15) is 0 Å². The van der Waals surface area contributed by atoms with E-state index in [0.29, 0.717) is 11.8 Å². The molecule has 156 valence electrons. The third-order valence-electron chi connectivity index (χ3n) is 5.38. The van der Waals surface area contributed by atoms with E-state index in [2.05, 4.69) is 76.3 Å². The summed E-state index contributed by atoms with van der Waals surface area (Å²) < 4.78 is 0. The van der Waals surface area contributed by atoms with Crippen molar-refractivity contribution in [1.82, 2.24) is 5.32 Å². The van der Waals surface area contributed by atoms with Gasteiger partial charge < -0.3 is 5.32 Å². The fourth-order valence-corrected chi connectivity index (χ4v) is 4.17. The van der Waals surface area contributed by atoms with Gasteiger partial charge in [0.25, 0.3) is 0 Å². The highest BCUT2D eigenvalue weighted by Gasteiger charge is 2.29. The van der Waals surface area contributed by atoms with Crippen molar-refractivity contribution in [3.8, 4) is 0 Å². The van der Waals surface area contributed by atoms with Gasteiger partial charge in [-0.1, -0.05) is 83.0 Å².